The van der Waals surface area contributed by atoms with E-state index in [1.807, 2.05) is 25.1 Å². The van der Waals surface area contributed by atoms with Crippen molar-refractivity contribution in [1.29, 1.82) is 5.26 Å². The largest absolute Gasteiger partial charge is 0.493 e. The zero-order valence-corrected chi connectivity index (χ0v) is 11.3. The van der Waals surface area contributed by atoms with Crippen molar-refractivity contribution in [2.75, 3.05) is 20.6 Å². The summed E-state index contributed by atoms with van der Waals surface area (Å²) in [5.74, 6) is -0.218. The number of nitriles is 1. The van der Waals surface area contributed by atoms with Crippen molar-refractivity contribution in [2.24, 2.45) is 0 Å². The fourth-order valence-corrected chi connectivity index (χ4v) is 1.84. The highest BCUT2D eigenvalue weighted by molar-refractivity contribution is 5.47. The van der Waals surface area contributed by atoms with Crippen LogP contribution in [0.25, 0.3) is 0 Å². The molecule has 0 aliphatic heterocycles. The minimum Gasteiger partial charge on any atom is -0.493 e. The van der Waals surface area contributed by atoms with Gasteiger partial charge >= 0.3 is 0 Å². The molecule has 0 aliphatic carbocycles. The Labute approximate surface area is 107 Å². The van der Waals surface area contributed by atoms with Crippen molar-refractivity contribution in [3.05, 3.63) is 27.0 Å². The topological polar surface area (TPSA) is 69.3 Å². The summed E-state index contributed by atoms with van der Waals surface area (Å²) in [6, 6.07) is 1.95. The first kappa shape index (κ1) is 14.3. The molecule has 0 aliphatic rings. The summed E-state index contributed by atoms with van der Waals surface area (Å²) < 4.78 is 1.28. The minimum atomic E-state index is -0.220. The first-order chi connectivity index (χ1) is 8.40. The fourth-order valence-electron chi connectivity index (χ4n) is 1.84. The van der Waals surface area contributed by atoms with Crippen LogP contribution in [0.1, 0.15) is 23.1 Å². The van der Waals surface area contributed by atoms with Gasteiger partial charge in [0, 0.05) is 12.1 Å². The van der Waals surface area contributed by atoms with Crippen molar-refractivity contribution in [2.45, 2.75) is 26.8 Å². The maximum absolute atomic E-state index is 12.0. The van der Waals surface area contributed by atoms with Crippen molar-refractivity contribution in [3.63, 3.8) is 0 Å². The van der Waals surface area contributed by atoms with Gasteiger partial charge in [-0.3, -0.25) is 9.36 Å². The molecule has 1 heterocycles. The lowest BCUT2D eigenvalue weighted by Gasteiger charge is -2.14. The number of aromatic hydroxyl groups is 1. The van der Waals surface area contributed by atoms with Crippen LogP contribution in [0.3, 0.4) is 0 Å². The second kappa shape index (κ2) is 5.69. The highest BCUT2D eigenvalue weighted by Gasteiger charge is 2.15. The summed E-state index contributed by atoms with van der Waals surface area (Å²) in [7, 11) is 3.90. The lowest BCUT2D eigenvalue weighted by molar-refractivity contribution is 0.360. The van der Waals surface area contributed by atoms with E-state index >= 15 is 0 Å². The molecule has 0 saturated heterocycles. The minimum absolute atomic E-state index is 0.192. The van der Waals surface area contributed by atoms with Gasteiger partial charge in [0.25, 0.3) is 5.56 Å². The Hall–Kier alpha value is -1.80. The molecule has 0 spiro atoms. The van der Waals surface area contributed by atoms with Crippen molar-refractivity contribution in [3.8, 4) is 11.9 Å². The maximum Gasteiger partial charge on any atom is 0.256 e. The van der Waals surface area contributed by atoms with E-state index in [4.69, 9.17) is 5.26 Å². The third-order valence-electron chi connectivity index (χ3n) is 3.08. The van der Waals surface area contributed by atoms with E-state index in [0.29, 0.717) is 17.7 Å². The fraction of sp³-hybridized carbons (Fsp3) is 0.538. The Morgan fingerprint density at radius 2 is 1.94 bits per heavy atom. The Morgan fingerprint density at radius 1 is 1.33 bits per heavy atom. The van der Waals surface area contributed by atoms with Crippen LogP contribution in [0.2, 0.25) is 0 Å². The Bertz CT molecular complexity index is 539. The molecule has 0 atom stereocenters. The molecule has 5 heteroatoms. The number of rotatable bonds is 4. The molecule has 0 amide bonds. The van der Waals surface area contributed by atoms with Crippen LogP contribution in [0, 0.1) is 25.2 Å². The van der Waals surface area contributed by atoms with Crippen LogP contribution in [-0.2, 0) is 6.54 Å². The lowest BCUT2D eigenvalue weighted by atomic mass is 10.1. The summed E-state index contributed by atoms with van der Waals surface area (Å²) in [5, 5.41) is 19.0. The normalized spacial score (nSPS) is 10.7. The Kier molecular flexibility index (Phi) is 4.51. The number of aromatic nitrogens is 1. The van der Waals surface area contributed by atoms with Crippen LogP contribution in [0.5, 0.6) is 5.88 Å². The van der Waals surface area contributed by atoms with Gasteiger partial charge in [-0.15, -0.1) is 0 Å². The van der Waals surface area contributed by atoms with Gasteiger partial charge in [0.05, 0.1) is 0 Å². The smallest absolute Gasteiger partial charge is 0.256 e. The first-order valence-corrected chi connectivity index (χ1v) is 5.88. The third kappa shape index (κ3) is 2.71. The third-order valence-corrected chi connectivity index (χ3v) is 3.08. The van der Waals surface area contributed by atoms with Gasteiger partial charge in [-0.05, 0) is 46.5 Å². The van der Waals surface area contributed by atoms with Crippen molar-refractivity contribution < 1.29 is 5.11 Å². The van der Waals surface area contributed by atoms with E-state index in [-0.39, 0.29) is 17.0 Å². The summed E-state index contributed by atoms with van der Waals surface area (Å²) in [5.41, 5.74) is 1.05. The quantitative estimate of drug-likeness (QED) is 0.864. The molecule has 0 fully saturated rings. The van der Waals surface area contributed by atoms with Crippen LogP contribution in [-0.4, -0.2) is 35.2 Å². The molecule has 0 saturated carbocycles. The average Bonchev–Trinajstić information content (AvgIpc) is 2.31. The van der Waals surface area contributed by atoms with Gasteiger partial charge in [0.1, 0.15) is 11.6 Å². The Morgan fingerprint density at radius 3 is 2.44 bits per heavy atom. The van der Waals surface area contributed by atoms with Gasteiger partial charge in [0.2, 0.25) is 5.88 Å². The molecule has 1 aromatic rings. The lowest BCUT2D eigenvalue weighted by Crippen LogP contribution is -2.26. The van der Waals surface area contributed by atoms with Crippen LogP contribution in [0.4, 0.5) is 0 Å². The second-order valence-corrected chi connectivity index (χ2v) is 4.67. The molecule has 1 aromatic heterocycles. The van der Waals surface area contributed by atoms with E-state index in [1.165, 1.54) is 4.57 Å². The predicted molar refractivity (Wildman–Crippen MR) is 69.7 cm³/mol. The molecule has 1 N–H and O–H groups in total. The monoisotopic (exact) mass is 249 g/mol. The maximum atomic E-state index is 12.0. The molecule has 0 unspecified atom stereocenters. The molecular weight excluding hydrogens is 230 g/mol. The molecule has 0 bridgehead atoms. The number of hydrogen-bond donors (Lipinski definition) is 1. The number of pyridine rings is 1. The summed E-state index contributed by atoms with van der Waals surface area (Å²) in [6.45, 7) is 4.60. The summed E-state index contributed by atoms with van der Waals surface area (Å²) in [6.07, 6.45) is 0.744. The van der Waals surface area contributed by atoms with Crippen LogP contribution >= 0.6 is 0 Å². The molecular formula is C13H19N3O2. The second-order valence-electron chi connectivity index (χ2n) is 4.67. The molecule has 18 heavy (non-hydrogen) atoms. The van der Waals surface area contributed by atoms with Crippen molar-refractivity contribution >= 4 is 0 Å². The van der Waals surface area contributed by atoms with E-state index in [9.17, 15) is 9.90 Å². The zero-order chi connectivity index (χ0) is 13.9. The first-order valence-electron chi connectivity index (χ1n) is 5.88. The van der Waals surface area contributed by atoms with Crippen LogP contribution < -0.4 is 5.56 Å². The summed E-state index contributed by atoms with van der Waals surface area (Å²) in [4.78, 5) is 14.0. The molecule has 98 valence electrons. The Balaban J connectivity index is 3.17. The van der Waals surface area contributed by atoms with Crippen LogP contribution in [0.15, 0.2) is 4.79 Å². The SMILES string of the molecule is Cc1c(C#N)c(O)n(CCCN(C)C)c(=O)c1C. The standard InChI is InChI=1S/C13H19N3O2/c1-9-10(2)12(17)16(7-5-6-15(3)4)13(18)11(9)8-14/h18H,5-7H2,1-4H3. The van der Waals surface area contributed by atoms with Gasteiger partial charge in [-0.25, -0.2) is 0 Å². The molecule has 5 nitrogen and oxygen atoms in total. The van der Waals surface area contributed by atoms with E-state index < -0.39 is 0 Å². The summed E-state index contributed by atoms with van der Waals surface area (Å²) >= 11 is 0. The average molecular weight is 249 g/mol. The highest BCUT2D eigenvalue weighted by atomic mass is 16.3. The van der Waals surface area contributed by atoms with Gasteiger partial charge in [0.15, 0.2) is 0 Å². The zero-order valence-electron chi connectivity index (χ0n) is 11.3. The molecule has 1 rings (SSSR count). The highest BCUT2D eigenvalue weighted by Crippen LogP contribution is 2.20. The molecule has 0 aromatic carbocycles. The number of hydrogen-bond acceptors (Lipinski definition) is 4. The predicted octanol–water partition coefficient (Wildman–Crippen LogP) is 0.994. The van der Waals surface area contributed by atoms with Gasteiger partial charge in [-0.1, -0.05) is 0 Å². The van der Waals surface area contributed by atoms with Gasteiger partial charge in [-0.2, -0.15) is 5.26 Å². The van der Waals surface area contributed by atoms with E-state index in [2.05, 4.69) is 0 Å². The van der Waals surface area contributed by atoms with Gasteiger partial charge < -0.3 is 10.0 Å². The van der Waals surface area contributed by atoms with E-state index in [1.54, 1.807) is 13.8 Å². The van der Waals surface area contributed by atoms with Crippen molar-refractivity contribution in [1.82, 2.24) is 9.47 Å². The molecule has 0 radical (unpaired) electrons. The van der Waals surface area contributed by atoms with E-state index in [0.717, 1.165) is 13.0 Å². The number of nitrogens with zero attached hydrogens (tertiary/aromatic N) is 3.